The van der Waals surface area contributed by atoms with E-state index in [9.17, 15) is 8.42 Å². The van der Waals surface area contributed by atoms with E-state index in [1.807, 2.05) is 0 Å². The van der Waals surface area contributed by atoms with Crippen molar-refractivity contribution in [2.45, 2.75) is 11.8 Å². The molecule has 7 nitrogen and oxygen atoms in total. The minimum absolute atomic E-state index is 0.0442. The van der Waals surface area contributed by atoms with Crippen LogP contribution in [0.4, 0.5) is 5.69 Å². The van der Waals surface area contributed by atoms with Gasteiger partial charge < -0.3 is 5.32 Å². The summed E-state index contributed by atoms with van der Waals surface area (Å²) < 4.78 is 25.9. The lowest BCUT2D eigenvalue weighted by Gasteiger charge is -2.10. The van der Waals surface area contributed by atoms with Gasteiger partial charge in [-0.3, -0.25) is 0 Å². The lowest BCUT2D eigenvalue weighted by Crippen LogP contribution is -2.19. The zero-order valence-corrected chi connectivity index (χ0v) is 12.1. The Hall–Kier alpha value is -2.86. The number of nitrogens with one attached hydrogen (secondary N) is 2. The Kier molecular flexibility index (Phi) is 5.04. The van der Waals surface area contributed by atoms with E-state index >= 15 is 0 Å². The molecule has 0 aliphatic rings. The van der Waals surface area contributed by atoms with E-state index in [1.54, 1.807) is 37.3 Å². The van der Waals surface area contributed by atoms with E-state index in [4.69, 9.17) is 15.8 Å². The van der Waals surface area contributed by atoms with Crippen LogP contribution in [0.2, 0.25) is 0 Å². The van der Waals surface area contributed by atoms with E-state index in [-0.39, 0.29) is 21.9 Å². The Labute approximate surface area is 122 Å². The van der Waals surface area contributed by atoms with Crippen LogP contribution in [-0.4, -0.2) is 15.5 Å². The molecule has 2 N–H and O–H groups in total. The van der Waals surface area contributed by atoms with Gasteiger partial charge in [0.2, 0.25) is 10.0 Å². The largest absolute Gasteiger partial charge is 0.345 e. The van der Waals surface area contributed by atoms with Crippen molar-refractivity contribution in [2.75, 3.05) is 12.4 Å². The number of allylic oxidation sites excluding steroid dienone is 2. The van der Waals surface area contributed by atoms with Gasteiger partial charge in [-0.25, -0.2) is 13.1 Å². The van der Waals surface area contributed by atoms with Gasteiger partial charge in [0.15, 0.2) is 5.57 Å². The lowest BCUT2D eigenvalue weighted by molar-refractivity contribution is 0.587. The first kappa shape index (κ1) is 16.2. The molecule has 0 fully saturated rings. The zero-order chi connectivity index (χ0) is 16.0. The number of nitrogens with zero attached hydrogens (tertiary/aromatic N) is 3. The lowest BCUT2D eigenvalue weighted by atomic mass is 10.2. The van der Waals surface area contributed by atoms with Crippen molar-refractivity contribution in [3.8, 4) is 18.2 Å². The fourth-order valence-corrected chi connectivity index (χ4v) is 2.50. The number of hydrogen-bond acceptors (Lipinski definition) is 6. The van der Waals surface area contributed by atoms with Crippen molar-refractivity contribution in [1.82, 2.24) is 4.72 Å². The third-order valence-electron chi connectivity index (χ3n) is 2.60. The average molecular weight is 301 g/mol. The van der Waals surface area contributed by atoms with Crippen molar-refractivity contribution in [3.63, 3.8) is 0 Å². The van der Waals surface area contributed by atoms with Crippen molar-refractivity contribution in [1.29, 1.82) is 15.8 Å². The van der Waals surface area contributed by atoms with E-state index in [0.29, 0.717) is 5.56 Å². The SMILES string of the molecule is CNS(=O)(=O)c1cc(NC(C#N)=C(C#N)C#N)ccc1C. The highest BCUT2D eigenvalue weighted by molar-refractivity contribution is 7.89. The second-order valence-electron chi connectivity index (χ2n) is 3.90. The number of rotatable bonds is 4. The molecule has 0 unspecified atom stereocenters. The van der Waals surface area contributed by atoms with Gasteiger partial charge in [-0.05, 0) is 31.7 Å². The highest BCUT2D eigenvalue weighted by Gasteiger charge is 2.16. The summed E-state index contributed by atoms with van der Waals surface area (Å²) >= 11 is 0. The normalized spacial score (nSPS) is 9.86. The predicted molar refractivity (Wildman–Crippen MR) is 74.9 cm³/mol. The molecule has 0 aromatic heterocycles. The quantitative estimate of drug-likeness (QED) is 0.802. The molecule has 1 aromatic carbocycles. The van der Waals surface area contributed by atoms with Crippen molar-refractivity contribution in [2.24, 2.45) is 0 Å². The Morgan fingerprint density at radius 3 is 2.24 bits per heavy atom. The van der Waals surface area contributed by atoms with E-state index < -0.39 is 10.0 Å². The van der Waals surface area contributed by atoms with Gasteiger partial charge in [-0.15, -0.1) is 0 Å². The molecule has 0 saturated carbocycles. The summed E-state index contributed by atoms with van der Waals surface area (Å²) in [6, 6.07) is 9.31. The molecule has 106 valence electrons. The van der Waals surface area contributed by atoms with Crippen LogP contribution >= 0.6 is 0 Å². The average Bonchev–Trinajstić information content (AvgIpc) is 2.48. The summed E-state index contributed by atoms with van der Waals surface area (Å²) in [7, 11) is -2.35. The second kappa shape index (κ2) is 6.53. The third-order valence-corrected chi connectivity index (χ3v) is 4.16. The molecule has 0 bridgehead atoms. The Morgan fingerprint density at radius 2 is 1.76 bits per heavy atom. The summed E-state index contributed by atoms with van der Waals surface area (Å²) in [6.45, 7) is 1.63. The molecule has 8 heteroatoms. The number of anilines is 1. The smallest absolute Gasteiger partial charge is 0.240 e. The minimum atomic E-state index is -3.64. The van der Waals surface area contributed by atoms with Gasteiger partial charge in [0.25, 0.3) is 0 Å². The van der Waals surface area contributed by atoms with E-state index in [0.717, 1.165) is 0 Å². The van der Waals surface area contributed by atoms with Crippen LogP contribution in [0.15, 0.2) is 34.4 Å². The number of benzene rings is 1. The standard InChI is InChI=1S/C13H11N5O2S/c1-9-3-4-11(5-13(9)21(19,20)17-2)18-12(8-16)10(6-14)7-15/h3-5,17-18H,1-2H3. The fraction of sp³-hybridized carbons (Fsp3) is 0.154. The van der Waals surface area contributed by atoms with Crippen LogP contribution in [0, 0.1) is 40.9 Å². The van der Waals surface area contributed by atoms with Gasteiger partial charge in [0.1, 0.15) is 23.9 Å². The summed E-state index contributed by atoms with van der Waals surface area (Å²) in [5, 5.41) is 29.0. The third kappa shape index (κ3) is 3.58. The maximum absolute atomic E-state index is 11.9. The number of sulfonamides is 1. The predicted octanol–water partition coefficient (Wildman–Crippen LogP) is 1.14. The van der Waals surface area contributed by atoms with Gasteiger partial charge in [-0.2, -0.15) is 15.8 Å². The monoisotopic (exact) mass is 301 g/mol. The molecule has 0 spiro atoms. The van der Waals surface area contributed by atoms with Crippen LogP contribution in [0.25, 0.3) is 0 Å². The first-order valence-corrected chi connectivity index (χ1v) is 7.13. The molecule has 1 aromatic rings. The molecule has 0 radical (unpaired) electrons. The maximum atomic E-state index is 11.9. The second-order valence-corrected chi connectivity index (χ2v) is 5.75. The first-order chi connectivity index (χ1) is 9.89. The number of nitriles is 3. The fourth-order valence-electron chi connectivity index (χ4n) is 1.50. The Morgan fingerprint density at radius 1 is 1.14 bits per heavy atom. The van der Waals surface area contributed by atoms with Crippen molar-refractivity contribution in [3.05, 3.63) is 35.0 Å². The van der Waals surface area contributed by atoms with E-state index in [1.165, 1.54) is 13.1 Å². The number of hydrogen-bond donors (Lipinski definition) is 2. The molecule has 0 aliphatic carbocycles. The summed E-state index contributed by atoms with van der Waals surface area (Å²) in [6.07, 6.45) is 0. The summed E-state index contributed by atoms with van der Waals surface area (Å²) in [5.74, 6) is 0. The molecule has 21 heavy (non-hydrogen) atoms. The summed E-state index contributed by atoms with van der Waals surface area (Å²) in [5.41, 5.74) is 0.194. The van der Waals surface area contributed by atoms with Gasteiger partial charge in [-0.1, -0.05) is 6.07 Å². The van der Waals surface area contributed by atoms with Gasteiger partial charge >= 0.3 is 0 Å². The van der Waals surface area contributed by atoms with Crippen LogP contribution in [0.5, 0.6) is 0 Å². The van der Waals surface area contributed by atoms with Crippen molar-refractivity contribution >= 4 is 15.7 Å². The molecule has 1 rings (SSSR count). The number of aryl methyl sites for hydroxylation is 1. The van der Waals surface area contributed by atoms with E-state index in [2.05, 4.69) is 10.0 Å². The Balaban J connectivity index is 3.35. The van der Waals surface area contributed by atoms with Crippen LogP contribution < -0.4 is 10.0 Å². The van der Waals surface area contributed by atoms with Gasteiger partial charge in [0, 0.05) is 5.69 Å². The van der Waals surface area contributed by atoms with Crippen LogP contribution in [0.3, 0.4) is 0 Å². The first-order valence-electron chi connectivity index (χ1n) is 5.65. The molecule has 0 amide bonds. The highest BCUT2D eigenvalue weighted by Crippen LogP contribution is 2.21. The molecular weight excluding hydrogens is 290 g/mol. The topological polar surface area (TPSA) is 130 Å². The zero-order valence-electron chi connectivity index (χ0n) is 11.3. The molecule has 0 heterocycles. The van der Waals surface area contributed by atoms with Crippen LogP contribution in [-0.2, 0) is 10.0 Å². The van der Waals surface area contributed by atoms with Crippen molar-refractivity contribution < 1.29 is 8.42 Å². The Bertz CT molecular complexity index is 804. The maximum Gasteiger partial charge on any atom is 0.240 e. The van der Waals surface area contributed by atoms with Crippen LogP contribution in [0.1, 0.15) is 5.56 Å². The minimum Gasteiger partial charge on any atom is -0.345 e. The summed E-state index contributed by atoms with van der Waals surface area (Å²) in [4.78, 5) is 0.0442. The molecule has 0 atom stereocenters. The molecular formula is C13H11N5O2S. The van der Waals surface area contributed by atoms with Gasteiger partial charge in [0.05, 0.1) is 4.90 Å². The highest BCUT2D eigenvalue weighted by atomic mass is 32.2. The molecule has 0 aliphatic heterocycles. The molecule has 0 saturated heterocycles.